The monoisotopic (exact) mass is 766 g/mol. The lowest BCUT2D eigenvalue weighted by molar-refractivity contribution is -0.329. The lowest BCUT2D eigenvalue weighted by atomic mass is 10.1. The van der Waals surface area contributed by atoms with E-state index in [9.17, 15) is 31.1 Å². The number of ether oxygens (including phenoxy) is 4. The van der Waals surface area contributed by atoms with Gasteiger partial charge >= 0.3 is 23.7 Å². The lowest BCUT2D eigenvalue weighted by Gasteiger charge is -2.33. The molecule has 0 N–H and O–H groups in total. The summed E-state index contributed by atoms with van der Waals surface area (Å²) in [7, 11) is 0. The molecule has 4 aromatic carbocycles. The van der Waals surface area contributed by atoms with E-state index in [-0.39, 0.29) is 17.1 Å². The van der Waals surface area contributed by atoms with Crippen molar-refractivity contribution >= 4 is 27.9 Å². The van der Waals surface area contributed by atoms with Gasteiger partial charge in [-0.05, 0) is 57.2 Å². The molecule has 0 fully saturated rings. The van der Waals surface area contributed by atoms with Gasteiger partial charge in [-0.1, -0.05) is 66.2 Å². The second kappa shape index (κ2) is 15.6. The maximum absolute atomic E-state index is 14.9. The summed E-state index contributed by atoms with van der Waals surface area (Å²) in [6, 6.07) is 28.7. The molecule has 0 bridgehead atoms. The van der Waals surface area contributed by atoms with Crippen LogP contribution in [0.1, 0.15) is 18.1 Å². The predicted molar refractivity (Wildman–Crippen MR) is 194 cm³/mol. The van der Waals surface area contributed by atoms with Crippen LogP contribution in [0.5, 0.6) is 11.5 Å². The van der Waals surface area contributed by atoms with Crippen molar-refractivity contribution in [1.82, 2.24) is 0 Å². The Morgan fingerprint density at radius 1 is 0.655 bits per heavy atom. The van der Waals surface area contributed by atoms with Crippen LogP contribution >= 0.6 is 0 Å². The smallest absolute Gasteiger partial charge is 0.377 e. The van der Waals surface area contributed by atoms with Crippen molar-refractivity contribution in [3.05, 3.63) is 120 Å². The Kier molecular flexibility index (Phi) is 11.1. The highest BCUT2D eigenvalue weighted by Crippen LogP contribution is 2.46. The molecule has 6 rings (SSSR count). The van der Waals surface area contributed by atoms with Gasteiger partial charge < -0.3 is 27.8 Å². The minimum Gasteiger partial charge on any atom is -0.491 e. The SMILES string of the molecule is C=C(C)C(=O)OCC(F)(F)C(F)(F)C(F)(F)COC(COc1ccc2cc(-c3ccc(C)cc3)oc2c1)COc1ccc2cc(-c3ccc(C)cc3)oc2c1. The molecule has 7 nitrogen and oxygen atoms in total. The predicted octanol–water partition coefficient (Wildman–Crippen LogP) is 11.0. The summed E-state index contributed by atoms with van der Waals surface area (Å²) in [5.74, 6) is -16.7. The molecule has 0 spiro atoms. The molecular formula is C42H36F6O7. The molecule has 0 aliphatic heterocycles. The number of aryl methyl sites for hydroxylation is 2. The molecule has 13 heteroatoms. The van der Waals surface area contributed by atoms with E-state index in [4.69, 9.17) is 23.0 Å². The number of carbonyl (C=O) groups is 1. The molecule has 0 saturated carbocycles. The Labute approximate surface area is 312 Å². The molecular weight excluding hydrogens is 730 g/mol. The van der Waals surface area contributed by atoms with Crippen molar-refractivity contribution in [2.45, 2.75) is 44.6 Å². The number of hydrogen-bond acceptors (Lipinski definition) is 7. The molecule has 0 unspecified atom stereocenters. The Morgan fingerprint density at radius 2 is 1.09 bits per heavy atom. The van der Waals surface area contributed by atoms with E-state index < -0.39 is 56.3 Å². The number of benzene rings is 4. The zero-order chi connectivity index (χ0) is 39.5. The number of alkyl halides is 6. The van der Waals surface area contributed by atoms with Crippen LogP contribution in [0.4, 0.5) is 26.3 Å². The van der Waals surface area contributed by atoms with Crippen molar-refractivity contribution < 1.29 is 58.9 Å². The van der Waals surface area contributed by atoms with Gasteiger partial charge in [0.25, 0.3) is 0 Å². The molecule has 0 saturated heterocycles. The molecule has 6 aromatic rings. The summed E-state index contributed by atoms with van der Waals surface area (Å²) < 4.78 is 121. The van der Waals surface area contributed by atoms with Crippen LogP contribution < -0.4 is 9.47 Å². The number of fused-ring (bicyclic) bond motifs is 2. The van der Waals surface area contributed by atoms with Gasteiger partial charge in [0.15, 0.2) is 6.61 Å². The van der Waals surface area contributed by atoms with Crippen LogP contribution in [-0.2, 0) is 14.3 Å². The molecule has 2 aromatic heterocycles. The molecule has 0 aliphatic rings. The molecule has 55 heavy (non-hydrogen) atoms. The highest BCUT2D eigenvalue weighted by Gasteiger charge is 2.72. The Hall–Kier alpha value is -5.69. The van der Waals surface area contributed by atoms with E-state index in [0.29, 0.717) is 22.7 Å². The maximum Gasteiger partial charge on any atom is 0.377 e. The van der Waals surface area contributed by atoms with Crippen molar-refractivity contribution in [3.63, 3.8) is 0 Å². The van der Waals surface area contributed by atoms with Gasteiger partial charge in [-0.3, -0.25) is 0 Å². The Morgan fingerprint density at radius 3 is 1.53 bits per heavy atom. The summed E-state index contributed by atoms with van der Waals surface area (Å²) in [4.78, 5) is 11.5. The normalized spacial score (nSPS) is 12.4. The first-order valence-corrected chi connectivity index (χ1v) is 17.1. The Bertz CT molecular complexity index is 2160. The van der Waals surface area contributed by atoms with Gasteiger partial charge in [-0.15, -0.1) is 0 Å². The number of rotatable bonds is 16. The number of carbonyl (C=O) groups excluding carboxylic acids is 1. The van der Waals surface area contributed by atoms with Crippen LogP contribution in [0.15, 0.2) is 118 Å². The fourth-order valence-electron chi connectivity index (χ4n) is 5.40. The largest absolute Gasteiger partial charge is 0.491 e. The standard InChI is InChI=1S/C42H36F6O7/c1-25(2)39(49)53-24-41(45,46)42(47,48)40(43,44)23-52-34(21-50-32-15-13-30-17-35(54-37(30)19-32)28-9-5-26(3)6-10-28)22-51-33-16-14-31-18-36(55-38(31)20-33)29-11-7-27(4)8-12-29/h5-20,34H,1,21-24H2,2-4H3. The molecule has 0 aliphatic carbocycles. The second-order valence-electron chi connectivity index (χ2n) is 13.2. The topological polar surface area (TPSA) is 80.3 Å². The summed E-state index contributed by atoms with van der Waals surface area (Å²) in [6.45, 7) is 2.64. The molecule has 0 radical (unpaired) electrons. The van der Waals surface area contributed by atoms with E-state index in [1.807, 2.05) is 74.5 Å². The Balaban J connectivity index is 1.18. The average Bonchev–Trinajstić information content (AvgIpc) is 3.78. The van der Waals surface area contributed by atoms with E-state index in [1.165, 1.54) is 0 Å². The highest BCUT2D eigenvalue weighted by atomic mass is 19.3. The minimum absolute atomic E-state index is 0.217. The zero-order valence-corrected chi connectivity index (χ0v) is 30.0. The number of furan rings is 2. The lowest BCUT2D eigenvalue weighted by Crippen LogP contribution is -2.58. The van der Waals surface area contributed by atoms with Crippen molar-refractivity contribution in [1.29, 1.82) is 0 Å². The number of halogens is 6. The van der Waals surface area contributed by atoms with Gasteiger partial charge in [0, 0.05) is 39.6 Å². The van der Waals surface area contributed by atoms with Gasteiger partial charge in [0.2, 0.25) is 0 Å². The molecule has 288 valence electrons. The van der Waals surface area contributed by atoms with Gasteiger partial charge in [0.1, 0.15) is 60.1 Å². The van der Waals surface area contributed by atoms with E-state index in [2.05, 4.69) is 11.3 Å². The average molecular weight is 767 g/mol. The van der Waals surface area contributed by atoms with Crippen LogP contribution in [0.2, 0.25) is 0 Å². The van der Waals surface area contributed by atoms with E-state index in [1.54, 1.807) is 36.4 Å². The first-order valence-electron chi connectivity index (χ1n) is 17.1. The fraction of sp³-hybridized carbons (Fsp3) is 0.262. The summed E-state index contributed by atoms with van der Waals surface area (Å²) >= 11 is 0. The fourth-order valence-corrected chi connectivity index (χ4v) is 5.40. The quantitative estimate of drug-likeness (QED) is 0.0551. The van der Waals surface area contributed by atoms with Crippen molar-refractivity contribution in [2.24, 2.45) is 0 Å². The van der Waals surface area contributed by atoms with Gasteiger partial charge in [-0.2, -0.15) is 26.3 Å². The third-order valence-corrected chi connectivity index (χ3v) is 8.68. The third kappa shape index (κ3) is 8.83. The highest BCUT2D eigenvalue weighted by molar-refractivity contribution is 5.87. The second-order valence-corrected chi connectivity index (χ2v) is 13.2. The first kappa shape index (κ1) is 39.0. The summed E-state index contributed by atoms with van der Waals surface area (Å²) in [5, 5.41) is 1.49. The van der Waals surface area contributed by atoms with Crippen LogP contribution in [0.25, 0.3) is 44.6 Å². The third-order valence-electron chi connectivity index (χ3n) is 8.68. The van der Waals surface area contributed by atoms with Crippen LogP contribution in [0, 0.1) is 13.8 Å². The minimum atomic E-state index is -5.99. The summed E-state index contributed by atoms with van der Waals surface area (Å²) in [5.41, 5.74) is 4.33. The number of esters is 1. The molecule has 0 atom stereocenters. The van der Waals surface area contributed by atoms with Crippen molar-refractivity contribution in [2.75, 3.05) is 26.4 Å². The maximum atomic E-state index is 14.9. The van der Waals surface area contributed by atoms with Gasteiger partial charge in [-0.25, -0.2) is 4.79 Å². The van der Waals surface area contributed by atoms with Crippen molar-refractivity contribution in [3.8, 4) is 34.1 Å². The van der Waals surface area contributed by atoms with E-state index in [0.717, 1.165) is 39.9 Å². The van der Waals surface area contributed by atoms with E-state index >= 15 is 0 Å². The zero-order valence-electron chi connectivity index (χ0n) is 30.0. The molecule has 2 heterocycles. The van der Waals surface area contributed by atoms with Gasteiger partial charge in [0.05, 0.1) is 0 Å². The van der Waals surface area contributed by atoms with Crippen LogP contribution in [0.3, 0.4) is 0 Å². The first-order chi connectivity index (χ1) is 26.0. The molecule has 0 amide bonds. The number of hydrogen-bond donors (Lipinski definition) is 0. The summed E-state index contributed by atoms with van der Waals surface area (Å²) in [6.07, 6.45) is -1.48. The van der Waals surface area contributed by atoms with Crippen LogP contribution in [-0.4, -0.2) is 56.3 Å².